The lowest BCUT2D eigenvalue weighted by Crippen LogP contribution is -2.00. The summed E-state index contributed by atoms with van der Waals surface area (Å²) in [6.07, 6.45) is 5.30. The maximum Gasteiger partial charge on any atom is 0.330 e. The third-order valence-corrected chi connectivity index (χ3v) is 1.66. The summed E-state index contributed by atoms with van der Waals surface area (Å²) in [6, 6.07) is 9.66. The Bertz CT molecular complexity index is 315. The van der Waals surface area contributed by atoms with Crippen molar-refractivity contribution in [2.45, 2.75) is 33.6 Å². The number of hydrogen-bond acceptors (Lipinski definition) is 2. The molecule has 0 radical (unpaired) electrons. The standard InChI is InChI=1S/C12H14O2.C3H8/c1-2-10-14-12(13)9-8-11-6-4-3-5-7-11;1-3-2/h3-9H,2,10H2,1H3;3H2,1-2H3/b9-8+;. The van der Waals surface area contributed by atoms with E-state index < -0.39 is 0 Å². The van der Waals surface area contributed by atoms with Crippen molar-refractivity contribution in [2.75, 3.05) is 6.61 Å². The first-order valence-corrected chi connectivity index (χ1v) is 6.14. The third kappa shape index (κ3) is 9.36. The predicted molar refractivity (Wildman–Crippen MR) is 72.7 cm³/mol. The normalized spacial score (nSPS) is 9.59. The average molecular weight is 234 g/mol. The van der Waals surface area contributed by atoms with Crippen LogP contribution in [0.3, 0.4) is 0 Å². The van der Waals surface area contributed by atoms with Crippen LogP contribution < -0.4 is 0 Å². The largest absolute Gasteiger partial charge is 0.463 e. The summed E-state index contributed by atoms with van der Waals surface area (Å²) in [5, 5.41) is 0. The Kier molecular flexibility index (Phi) is 9.92. The molecular weight excluding hydrogens is 212 g/mol. The molecule has 0 N–H and O–H groups in total. The molecule has 0 saturated heterocycles. The number of carbonyl (C=O) groups is 1. The van der Waals surface area contributed by atoms with Gasteiger partial charge in [-0.2, -0.15) is 0 Å². The highest BCUT2D eigenvalue weighted by molar-refractivity contribution is 5.86. The van der Waals surface area contributed by atoms with Crippen molar-refractivity contribution in [1.82, 2.24) is 0 Å². The van der Waals surface area contributed by atoms with Crippen molar-refractivity contribution in [3.63, 3.8) is 0 Å². The van der Waals surface area contributed by atoms with Gasteiger partial charge in [-0.25, -0.2) is 4.79 Å². The maximum atomic E-state index is 11.1. The van der Waals surface area contributed by atoms with Gasteiger partial charge in [-0.15, -0.1) is 0 Å². The lowest BCUT2D eigenvalue weighted by molar-refractivity contribution is -0.137. The fraction of sp³-hybridized carbons (Fsp3) is 0.400. The van der Waals surface area contributed by atoms with Crippen molar-refractivity contribution >= 4 is 12.0 Å². The van der Waals surface area contributed by atoms with Crippen molar-refractivity contribution in [2.24, 2.45) is 0 Å². The number of benzene rings is 1. The third-order valence-electron chi connectivity index (χ3n) is 1.66. The smallest absolute Gasteiger partial charge is 0.330 e. The van der Waals surface area contributed by atoms with Gasteiger partial charge in [0.05, 0.1) is 6.61 Å². The highest BCUT2D eigenvalue weighted by Gasteiger charge is 1.93. The average Bonchev–Trinajstić information content (AvgIpc) is 2.36. The van der Waals surface area contributed by atoms with Crippen molar-refractivity contribution < 1.29 is 9.53 Å². The van der Waals surface area contributed by atoms with Gasteiger partial charge in [-0.05, 0) is 18.1 Å². The Morgan fingerprint density at radius 3 is 2.29 bits per heavy atom. The molecular formula is C15H22O2. The molecule has 0 heterocycles. The van der Waals surface area contributed by atoms with Gasteiger partial charge < -0.3 is 4.74 Å². The summed E-state index contributed by atoms with van der Waals surface area (Å²) in [5.74, 6) is -0.282. The molecule has 1 aromatic rings. The lowest BCUT2D eigenvalue weighted by Gasteiger charge is -1.97. The molecule has 0 saturated carbocycles. The molecule has 0 unspecified atom stereocenters. The molecule has 0 bridgehead atoms. The molecule has 0 amide bonds. The van der Waals surface area contributed by atoms with E-state index in [9.17, 15) is 4.79 Å². The predicted octanol–water partition coefficient (Wildman–Crippen LogP) is 4.07. The van der Waals surface area contributed by atoms with E-state index in [4.69, 9.17) is 4.74 Å². The molecule has 0 atom stereocenters. The number of ether oxygens (including phenoxy) is 1. The lowest BCUT2D eigenvalue weighted by atomic mass is 10.2. The van der Waals surface area contributed by atoms with E-state index in [0.717, 1.165) is 12.0 Å². The minimum atomic E-state index is -0.282. The first-order chi connectivity index (χ1) is 8.24. The summed E-state index contributed by atoms with van der Waals surface area (Å²) in [6.45, 7) is 6.70. The van der Waals surface area contributed by atoms with Crippen molar-refractivity contribution in [3.8, 4) is 0 Å². The summed E-state index contributed by atoms with van der Waals surface area (Å²) in [5.41, 5.74) is 1.00. The fourth-order valence-electron chi connectivity index (χ4n) is 0.979. The van der Waals surface area contributed by atoms with E-state index in [0.29, 0.717) is 6.61 Å². The van der Waals surface area contributed by atoms with Gasteiger partial charge in [-0.3, -0.25) is 0 Å². The highest BCUT2D eigenvalue weighted by atomic mass is 16.5. The highest BCUT2D eigenvalue weighted by Crippen LogP contribution is 2.00. The van der Waals surface area contributed by atoms with Crippen LogP contribution in [-0.4, -0.2) is 12.6 Å². The Balaban J connectivity index is 0.000000770. The molecule has 0 aromatic heterocycles. The van der Waals surface area contributed by atoms with E-state index in [1.54, 1.807) is 6.08 Å². The first kappa shape index (κ1) is 15.4. The number of carbonyl (C=O) groups excluding carboxylic acids is 1. The van der Waals surface area contributed by atoms with Gasteiger partial charge in [-0.1, -0.05) is 57.5 Å². The van der Waals surface area contributed by atoms with Crippen LogP contribution in [0.15, 0.2) is 36.4 Å². The number of hydrogen-bond donors (Lipinski definition) is 0. The molecule has 94 valence electrons. The zero-order valence-corrected chi connectivity index (χ0v) is 11.0. The van der Waals surface area contributed by atoms with Gasteiger partial charge in [0.15, 0.2) is 0 Å². The molecule has 0 aliphatic carbocycles. The molecule has 0 aliphatic rings. The van der Waals surface area contributed by atoms with Crippen LogP contribution in [0.4, 0.5) is 0 Å². The zero-order valence-electron chi connectivity index (χ0n) is 11.0. The monoisotopic (exact) mass is 234 g/mol. The van der Waals surface area contributed by atoms with Crippen LogP contribution in [0.1, 0.15) is 39.2 Å². The van der Waals surface area contributed by atoms with E-state index >= 15 is 0 Å². The zero-order chi connectivity index (χ0) is 12.9. The molecule has 1 rings (SSSR count). The maximum absolute atomic E-state index is 11.1. The molecule has 0 spiro atoms. The van der Waals surface area contributed by atoms with Gasteiger partial charge in [0.25, 0.3) is 0 Å². The summed E-state index contributed by atoms with van der Waals surface area (Å²) >= 11 is 0. The van der Waals surface area contributed by atoms with Crippen molar-refractivity contribution in [1.29, 1.82) is 0 Å². The Morgan fingerprint density at radius 2 is 1.76 bits per heavy atom. The SMILES string of the molecule is CCC.CCCOC(=O)/C=C/c1ccccc1. The summed E-state index contributed by atoms with van der Waals surface area (Å²) in [4.78, 5) is 11.1. The van der Waals surface area contributed by atoms with E-state index in [1.165, 1.54) is 12.5 Å². The van der Waals surface area contributed by atoms with Gasteiger partial charge >= 0.3 is 5.97 Å². The summed E-state index contributed by atoms with van der Waals surface area (Å²) in [7, 11) is 0. The second-order valence-corrected chi connectivity index (χ2v) is 3.62. The van der Waals surface area contributed by atoms with Crippen LogP contribution in [-0.2, 0) is 9.53 Å². The Morgan fingerprint density at radius 1 is 1.18 bits per heavy atom. The van der Waals surface area contributed by atoms with Crippen LogP contribution in [0.5, 0.6) is 0 Å². The van der Waals surface area contributed by atoms with Crippen molar-refractivity contribution in [3.05, 3.63) is 42.0 Å². The van der Waals surface area contributed by atoms with Crippen LogP contribution >= 0.6 is 0 Å². The topological polar surface area (TPSA) is 26.3 Å². The molecule has 0 fully saturated rings. The second kappa shape index (κ2) is 10.9. The van der Waals surface area contributed by atoms with E-state index in [-0.39, 0.29) is 5.97 Å². The summed E-state index contributed by atoms with van der Waals surface area (Å²) < 4.78 is 4.89. The van der Waals surface area contributed by atoms with Gasteiger partial charge in [0.1, 0.15) is 0 Å². The number of esters is 1. The first-order valence-electron chi connectivity index (χ1n) is 6.14. The minimum absolute atomic E-state index is 0.282. The molecule has 2 nitrogen and oxygen atoms in total. The van der Waals surface area contributed by atoms with E-state index in [2.05, 4.69) is 13.8 Å². The van der Waals surface area contributed by atoms with Crippen LogP contribution in [0.25, 0.3) is 6.08 Å². The number of rotatable bonds is 4. The van der Waals surface area contributed by atoms with E-state index in [1.807, 2.05) is 37.3 Å². The van der Waals surface area contributed by atoms with Crippen LogP contribution in [0.2, 0.25) is 0 Å². The van der Waals surface area contributed by atoms with Crippen LogP contribution in [0, 0.1) is 0 Å². The molecule has 0 aliphatic heterocycles. The molecule has 17 heavy (non-hydrogen) atoms. The van der Waals surface area contributed by atoms with Gasteiger partial charge in [0, 0.05) is 6.08 Å². The second-order valence-electron chi connectivity index (χ2n) is 3.62. The molecule has 1 aromatic carbocycles. The minimum Gasteiger partial charge on any atom is -0.463 e. The van der Waals surface area contributed by atoms with Gasteiger partial charge in [0.2, 0.25) is 0 Å². The quantitative estimate of drug-likeness (QED) is 0.580. The Hall–Kier alpha value is -1.57. The molecule has 2 heteroatoms. The Labute approximate surface area is 104 Å². The fourth-order valence-corrected chi connectivity index (χ4v) is 0.979.